The maximum atomic E-state index is 4.28. The van der Waals surface area contributed by atoms with Gasteiger partial charge in [0.05, 0.1) is 0 Å². The van der Waals surface area contributed by atoms with Crippen molar-refractivity contribution in [3.63, 3.8) is 0 Å². The molecule has 0 radical (unpaired) electrons. The fraction of sp³-hybridized carbons (Fsp3) is 0.462. The van der Waals surface area contributed by atoms with E-state index in [0.29, 0.717) is 0 Å². The van der Waals surface area contributed by atoms with Gasteiger partial charge >= 0.3 is 0 Å². The standard InChI is InChI=1S/C13H19N/c1-2-3-4-5-6-7-10-13-11-8-9-12-14-13/h5-6,8-9,11-12H,2-4,7,10H2,1H3/b6-5+. The van der Waals surface area contributed by atoms with E-state index < -0.39 is 0 Å². The highest BCUT2D eigenvalue weighted by Gasteiger charge is 1.89. The number of aromatic nitrogens is 1. The molecule has 14 heavy (non-hydrogen) atoms. The number of aryl methyl sites for hydroxylation is 1. The highest BCUT2D eigenvalue weighted by Crippen LogP contribution is 2.01. The van der Waals surface area contributed by atoms with Gasteiger partial charge in [0.1, 0.15) is 0 Å². The number of hydrogen-bond donors (Lipinski definition) is 0. The highest BCUT2D eigenvalue weighted by molar-refractivity contribution is 5.04. The minimum atomic E-state index is 1.06. The van der Waals surface area contributed by atoms with Gasteiger partial charge in [-0.25, -0.2) is 0 Å². The Hall–Kier alpha value is -1.11. The van der Waals surface area contributed by atoms with Crippen LogP contribution in [0.4, 0.5) is 0 Å². The van der Waals surface area contributed by atoms with Crippen molar-refractivity contribution in [3.8, 4) is 0 Å². The van der Waals surface area contributed by atoms with Crippen molar-refractivity contribution in [1.29, 1.82) is 0 Å². The molecule has 0 bridgehead atoms. The average molecular weight is 189 g/mol. The molecule has 0 aromatic carbocycles. The summed E-state index contributed by atoms with van der Waals surface area (Å²) in [5.74, 6) is 0. The highest BCUT2D eigenvalue weighted by atomic mass is 14.7. The largest absolute Gasteiger partial charge is 0.261 e. The number of allylic oxidation sites excluding steroid dienone is 2. The Morgan fingerprint density at radius 3 is 2.79 bits per heavy atom. The van der Waals surface area contributed by atoms with Crippen LogP contribution in [0.25, 0.3) is 0 Å². The van der Waals surface area contributed by atoms with Crippen LogP contribution in [0.1, 0.15) is 38.3 Å². The Morgan fingerprint density at radius 2 is 2.07 bits per heavy atom. The fourth-order valence-corrected chi connectivity index (χ4v) is 1.33. The van der Waals surface area contributed by atoms with E-state index in [1.807, 2.05) is 18.3 Å². The molecule has 1 aromatic rings. The van der Waals surface area contributed by atoms with Crippen LogP contribution in [-0.2, 0) is 6.42 Å². The van der Waals surface area contributed by atoms with E-state index in [2.05, 4.69) is 30.1 Å². The lowest BCUT2D eigenvalue weighted by Crippen LogP contribution is -1.86. The van der Waals surface area contributed by atoms with Crippen molar-refractivity contribution in [1.82, 2.24) is 4.98 Å². The van der Waals surface area contributed by atoms with Gasteiger partial charge in [0, 0.05) is 11.9 Å². The number of hydrogen-bond acceptors (Lipinski definition) is 1. The van der Waals surface area contributed by atoms with Crippen LogP contribution in [-0.4, -0.2) is 4.98 Å². The van der Waals surface area contributed by atoms with Crippen LogP contribution < -0.4 is 0 Å². The van der Waals surface area contributed by atoms with Gasteiger partial charge in [0.25, 0.3) is 0 Å². The average Bonchev–Trinajstić information content (AvgIpc) is 2.25. The minimum Gasteiger partial charge on any atom is -0.261 e. The molecule has 0 atom stereocenters. The number of nitrogens with zero attached hydrogens (tertiary/aromatic N) is 1. The smallest absolute Gasteiger partial charge is 0.0406 e. The fourth-order valence-electron chi connectivity index (χ4n) is 1.33. The second-order valence-corrected chi connectivity index (χ2v) is 3.47. The maximum absolute atomic E-state index is 4.28. The Kier molecular flexibility index (Phi) is 5.73. The molecule has 0 saturated carbocycles. The van der Waals surface area contributed by atoms with Gasteiger partial charge in [-0.2, -0.15) is 0 Å². The maximum Gasteiger partial charge on any atom is 0.0406 e. The van der Waals surface area contributed by atoms with Gasteiger partial charge in [-0.3, -0.25) is 4.98 Å². The van der Waals surface area contributed by atoms with Gasteiger partial charge in [0.15, 0.2) is 0 Å². The summed E-state index contributed by atoms with van der Waals surface area (Å²) in [4.78, 5) is 4.28. The second-order valence-electron chi connectivity index (χ2n) is 3.47. The lowest BCUT2D eigenvalue weighted by Gasteiger charge is -1.95. The molecule has 76 valence electrons. The third-order valence-electron chi connectivity index (χ3n) is 2.18. The zero-order chi connectivity index (χ0) is 10.1. The van der Waals surface area contributed by atoms with Crippen molar-refractivity contribution in [2.45, 2.75) is 39.0 Å². The van der Waals surface area contributed by atoms with E-state index in [4.69, 9.17) is 0 Å². The third-order valence-corrected chi connectivity index (χ3v) is 2.18. The van der Waals surface area contributed by atoms with Gasteiger partial charge in [-0.15, -0.1) is 0 Å². The van der Waals surface area contributed by atoms with Crippen molar-refractivity contribution in [2.75, 3.05) is 0 Å². The molecule has 0 spiro atoms. The zero-order valence-corrected chi connectivity index (χ0v) is 8.95. The van der Waals surface area contributed by atoms with E-state index in [-0.39, 0.29) is 0 Å². The zero-order valence-electron chi connectivity index (χ0n) is 8.95. The van der Waals surface area contributed by atoms with Gasteiger partial charge in [0.2, 0.25) is 0 Å². The van der Waals surface area contributed by atoms with Crippen LogP contribution in [0.2, 0.25) is 0 Å². The summed E-state index contributed by atoms with van der Waals surface area (Å²) >= 11 is 0. The lowest BCUT2D eigenvalue weighted by atomic mass is 10.2. The van der Waals surface area contributed by atoms with Crippen molar-refractivity contribution in [2.24, 2.45) is 0 Å². The molecule has 1 heterocycles. The predicted octanol–water partition coefficient (Wildman–Crippen LogP) is 3.76. The van der Waals surface area contributed by atoms with E-state index in [1.54, 1.807) is 0 Å². The quantitative estimate of drug-likeness (QED) is 0.490. The first kappa shape index (κ1) is 11.0. The van der Waals surface area contributed by atoms with Gasteiger partial charge in [-0.05, 0) is 31.4 Å². The predicted molar refractivity (Wildman–Crippen MR) is 61.2 cm³/mol. The third kappa shape index (κ3) is 4.80. The van der Waals surface area contributed by atoms with E-state index in [1.165, 1.54) is 25.0 Å². The minimum absolute atomic E-state index is 1.06. The van der Waals surface area contributed by atoms with E-state index in [9.17, 15) is 0 Å². The molecule has 0 amide bonds. The van der Waals surface area contributed by atoms with Crippen molar-refractivity contribution in [3.05, 3.63) is 42.2 Å². The molecule has 1 heteroatoms. The molecule has 0 aliphatic heterocycles. The molecule has 1 aromatic heterocycles. The summed E-state index contributed by atoms with van der Waals surface area (Å²) in [5.41, 5.74) is 1.19. The Bertz CT molecular complexity index is 251. The molecule has 0 fully saturated rings. The van der Waals surface area contributed by atoms with Gasteiger partial charge in [-0.1, -0.05) is 38.0 Å². The number of unbranched alkanes of at least 4 members (excludes halogenated alkanes) is 2. The molecule has 0 N–H and O–H groups in total. The van der Waals surface area contributed by atoms with Crippen LogP contribution in [0.15, 0.2) is 36.5 Å². The Labute approximate surface area is 86.9 Å². The summed E-state index contributed by atoms with van der Waals surface area (Å²) in [5, 5.41) is 0. The van der Waals surface area contributed by atoms with Crippen LogP contribution >= 0.6 is 0 Å². The Balaban J connectivity index is 2.12. The first-order valence-corrected chi connectivity index (χ1v) is 5.48. The first-order chi connectivity index (χ1) is 6.93. The molecule has 0 saturated heterocycles. The SMILES string of the molecule is CCCC/C=C/CCc1ccccn1. The monoisotopic (exact) mass is 189 g/mol. The molecule has 0 aliphatic carbocycles. The summed E-state index contributed by atoms with van der Waals surface area (Å²) in [6, 6.07) is 6.09. The molecule has 0 unspecified atom stereocenters. The van der Waals surface area contributed by atoms with Crippen molar-refractivity contribution >= 4 is 0 Å². The Morgan fingerprint density at radius 1 is 1.21 bits per heavy atom. The summed E-state index contributed by atoms with van der Waals surface area (Å²) in [6.07, 6.45) is 12.4. The normalized spacial score (nSPS) is 10.9. The number of pyridine rings is 1. The topological polar surface area (TPSA) is 12.9 Å². The van der Waals surface area contributed by atoms with E-state index >= 15 is 0 Å². The van der Waals surface area contributed by atoms with Crippen LogP contribution in [0, 0.1) is 0 Å². The summed E-state index contributed by atoms with van der Waals surface area (Å²) in [6.45, 7) is 2.22. The molecule has 0 aliphatic rings. The summed E-state index contributed by atoms with van der Waals surface area (Å²) in [7, 11) is 0. The molecule has 1 nitrogen and oxygen atoms in total. The van der Waals surface area contributed by atoms with Gasteiger partial charge < -0.3 is 0 Å². The molecule has 1 rings (SSSR count). The van der Waals surface area contributed by atoms with Crippen molar-refractivity contribution < 1.29 is 0 Å². The second kappa shape index (κ2) is 7.31. The van der Waals surface area contributed by atoms with Crippen LogP contribution in [0.3, 0.4) is 0 Å². The number of rotatable bonds is 6. The molecular weight excluding hydrogens is 170 g/mol. The first-order valence-electron chi connectivity index (χ1n) is 5.48. The van der Waals surface area contributed by atoms with Crippen LogP contribution in [0.5, 0.6) is 0 Å². The molecular formula is C13H19N. The lowest BCUT2D eigenvalue weighted by molar-refractivity contribution is 0.810. The summed E-state index contributed by atoms with van der Waals surface area (Å²) < 4.78 is 0. The van der Waals surface area contributed by atoms with E-state index in [0.717, 1.165) is 12.8 Å².